The van der Waals surface area contributed by atoms with Gasteiger partial charge in [0, 0.05) is 37.6 Å². The van der Waals surface area contributed by atoms with Crippen molar-refractivity contribution < 1.29 is 9.84 Å². The van der Waals surface area contributed by atoms with E-state index in [0.29, 0.717) is 19.6 Å². The molecule has 0 aliphatic heterocycles. The van der Waals surface area contributed by atoms with Crippen LogP contribution in [-0.2, 0) is 11.3 Å². The summed E-state index contributed by atoms with van der Waals surface area (Å²) < 4.78 is 7.09. The minimum absolute atomic E-state index is 0.135. The standard InChI is InChI=1S/C16H23N3O2/c1-16(8-9-20,13-21-2)17-10-14-11-18-19(12-14)15-6-4-3-5-7-15/h3-7,11-12,17,20H,8-10,13H2,1-2H3. The highest BCUT2D eigenvalue weighted by molar-refractivity contribution is 5.30. The Kier molecular flexibility index (Phi) is 5.50. The van der Waals surface area contributed by atoms with Gasteiger partial charge in [0.05, 0.1) is 18.5 Å². The van der Waals surface area contributed by atoms with Gasteiger partial charge in [-0.1, -0.05) is 18.2 Å². The van der Waals surface area contributed by atoms with Crippen molar-refractivity contribution in [1.82, 2.24) is 15.1 Å². The molecule has 5 heteroatoms. The number of hydrogen-bond acceptors (Lipinski definition) is 4. The highest BCUT2D eigenvalue weighted by Gasteiger charge is 2.22. The molecule has 5 nitrogen and oxygen atoms in total. The van der Waals surface area contributed by atoms with Gasteiger partial charge in [-0.05, 0) is 25.5 Å². The third-order valence-electron chi connectivity index (χ3n) is 3.50. The molecule has 1 aromatic heterocycles. The molecular formula is C16H23N3O2. The highest BCUT2D eigenvalue weighted by atomic mass is 16.5. The molecule has 1 aromatic carbocycles. The molecule has 0 spiro atoms. The molecule has 0 radical (unpaired) electrons. The zero-order valence-corrected chi connectivity index (χ0v) is 12.6. The molecule has 0 bridgehead atoms. The van der Waals surface area contributed by atoms with E-state index in [2.05, 4.69) is 10.4 Å². The maximum absolute atomic E-state index is 9.17. The van der Waals surface area contributed by atoms with Gasteiger partial charge >= 0.3 is 0 Å². The second-order valence-corrected chi connectivity index (χ2v) is 5.45. The van der Waals surface area contributed by atoms with Gasteiger partial charge in [-0.25, -0.2) is 4.68 Å². The fraction of sp³-hybridized carbons (Fsp3) is 0.438. The molecular weight excluding hydrogens is 266 g/mol. The van der Waals surface area contributed by atoms with E-state index in [1.807, 2.05) is 54.3 Å². The lowest BCUT2D eigenvalue weighted by Gasteiger charge is -2.29. The summed E-state index contributed by atoms with van der Waals surface area (Å²) in [6.07, 6.45) is 4.51. The fourth-order valence-electron chi connectivity index (χ4n) is 2.27. The largest absolute Gasteiger partial charge is 0.396 e. The van der Waals surface area contributed by atoms with Crippen LogP contribution < -0.4 is 5.32 Å². The lowest BCUT2D eigenvalue weighted by atomic mass is 9.99. The van der Waals surface area contributed by atoms with Crippen LogP contribution in [0.1, 0.15) is 18.9 Å². The van der Waals surface area contributed by atoms with Crippen LogP contribution in [0, 0.1) is 0 Å². The molecule has 0 fully saturated rings. The summed E-state index contributed by atoms with van der Waals surface area (Å²) in [7, 11) is 1.67. The molecule has 0 saturated carbocycles. The number of nitrogens with one attached hydrogen (secondary N) is 1. The Hall–Kier alpha value is -1.69. The van der Waals surface area contributed by atoms with Gasteiger partial charge in [-0.15, -0.1) is 0 Å². The molecule has 2 aromatic rings. The van der Waals surface area contributed by atoms with E-state index in [-0.39, 0.29) is 12.1 Å². The van der Waals surface area contributed by atoms with Gasteiger partial charge in [0.25, 0.3) is 0 Å². The van der Waals surface area contributed by atoms with Crippen LogP contribution >= 0.6 is 0 Å². The molecule has 21 heavy (non-hydrogen) atoms. The van der Waals surface area contributed by atoms with E-state index >= 15 is 0 Å². The van der Waals surface area contributed by atoms with Gasteiger partial charge in [0.1, 0.15) is 0 Å². The Labute approximate surface area is 125 Å². The predicted molar refractivity (Wildman–Crippen MR) is 82.4 cm³/mol. The first-order valence-electron chi connectivity index (χ1n) is 7.11. The Balaban J connectivity index is 1.99. The summed E-state index contributed by atoms with van der Waals surface area (Å²) >= 11 is 0. The molecule has 1 unspecified atom stereocenters. The Bertz CT molecular complexity index is 533. The van der Waals surface area contributed by atoms with E-state index in [4.69, 9.17) is 9.84 Å². The van der Waals surface area contributed by atoms with Crippen LogP contribution in [0.15, 0.2) is 42.7 Å². The smallest absolute Gasteiger partial charge is 0.0645 e. The van der Waals surface area contributed by atoms with Crippen LogP contribution in [0.3, 0.4) is 0 Å². The minimum atomic E-state index is -0.238. The van der Waals surface area contributed by atoms with Gasteiger partial charge in [0.2, 0.25) is 0 Å². The molecule has 2 rings (SSSR count). The predicted octanol–water partition coefficient (Wildman–Crippen LogP) is 1.75. The fourth-order valence-corrected chi connectivity index (χ4v) is 2.27. The van der Waals surface area contributed by atoms with E-state index in [9.17, 15) is 0 Å². The normalized spacial score (nSPS) is 14.0. The monoisotopic (exact) mass is 289 g/mol. The van der Waals surface area contributed by atoms with E-state index in [1.165, 1.54) is 0 Å². The van der Waals surface area contributed by atoms with Crippen LogP contribution in [0.25, 0.3) is 5.69 Å². The first-order chi connectivity index (χ1) is 10.2. The summed E-state index contributed by atoms with van der Waals surface area (Å²) in [5, 5.41) is 17.0. The van der Waals surface area contributed by atoms with Crippen molar-refractivity contribution in [3.8, 4) is 5.69 Å². The van der Waals surface area contributed by atoms with Crippen molar-refractivity contribution in [2.24, 2.45) is 0 Å². The van der Waals surface area contributed by atoms with Crippen molar-refractivity contribution in [2.45, 2.75) is 25.4 Å². The second-order valence-electron chi connectivity index (χ2n) is 5.45. The van der Waals surface area contributed by atoms with Crippen LogP contribution in [0.2, 0.25) is 0 Å². The number of para-hydroxylation sites is 1. The van der Waals surface area contributed by atoms with E-state index in [1.54, 1.807) is 7.11 Å². The number of benzene rings is 1. The lowest BCUT2D eigenvalue weighted by Crippen LogP contribution is -2.46. The molecule has 2 N–H and O–H groups in total. The molecule has 1 atom stereocenters. The molecule has 0 amide bonds. The van der Waals surface area contributed by atoms with Crippen molar-refractivity contribution in [1.29, 1.82) is 0 Å². The molecule has 1 heterocycles. The number of rotatable bonds is 8. The third kappa shape index (κ3) is 4.39. The second kappa shape index (κ2) is 7.36. The maximum atomic E-state index is 9.17. The number of aromatic nitrogens is 2. The molecule has 0 aliphatic rings. The number of hydrogen-bond donors (Lipinski definition) is 2. The van der Waals surface area contributed by atoms with Crippen LogP contribution in [0.4, 0.5) is 0 Å². The third-order valence-corrected chi connectivity index (χ3v) is 3.50. The molecule has 0 aliphatic carbocycles. The van der Waals surface area contributed by atoms with Gasteiger partial charge < -0.3 is 15.2 Å². The number of aliphatic hydroxyl groups excluding tert-OH is 1. The Morgan fingerprint density at radius 1 is 1.33 bits per heavy atom. The lowest BCUT2D eigenvalue weighted by molar-refractivity contribution is 0.0969. The zero-order valence-electron chi connectivity index (χ0n) is 12.6. The van der Waals surface area contributed by atoms with Crippen molar-refractivity contribution >= 4 is 0 Å². The summed E-state index contributed by atoms with van der Waals surface area (Å²) in [5.41, 5.74) is 1.90. The van der Waals surface area contributed by atoms with Crippen molar-refractivity contribution in [3.05, 3.63) is 48.3 Å². The topological polar surface area (TPSA) is 59.3 Å². The highest BCUT2D eigenvalue weighted by Crippen LogP contribution is 2.12. The molecule has 0 saturated heterocycles. The van der Waals surface area contributed by atoms with E-state index in [0.717, 1.165) is 11.3 Å². The first kappa shape index (κ1) is 15.7. The Morgan fingerprint density at radius 2 is 2.10 bits per heavy atom. The summed E-state index contributed by atoms with van der Waals surface area (Å²) in [4.78, 5) is 0. The van der Waals surface area contributed by atoms with Crippen LogP contribution in [-0.4, -0.2) is 40.7 Å². The summed E-state index contributed by atoms with van der Waals surface area (Å²) in [6.45, 7) is 3.43. The van der Waals surface area contributed by atoms with Crippen molar-refractivity contribution in [2.75, 3.05) is 20.3 Å². The zero-order chi connectivity index (χ0) is 15.1. The number of ether oxygens (including phenoxy) is 1. The quantitative estimate of drug-likeness (QED) is 0.777. The Morgan fingerprint density at radius 3 is 2.76 bits per heavy atom. The number of methoxy groups -OCH3 is 1. The van der Waals surface area contributed by atoms with E-state index < -0.39 is 0 Å². The SMILES string of the molecule is COCC(C)(CCO)NCc1cnn(-c2ccccc2)c1. The van der Waals surface area contributed by atoms with Crippen LogP contribution in [0.5, 0.6) is 0 Å². The maximum Gasteiger partial charge on any atom is 0.0645 e. The van der Waals surface area contributed by atoms with Gasteiger partial charge in [0.15, 0.2) is 0 Å². The average Bonchev–Trinajstić information content (AvgIpc) is 2.96. The number of nitrogens with zero attached hydrogens (tertiary/aromatic N) is 2. The minimum Gasteiger partial charge on any atom is -0.396 e. The molecule has 114 valence electrons. The van der Waals surface area contributed by atoms with Crippen molar-refractivity contribution in [3.63, 3.8) is 0 Å². The number of aliphatic hydroxyl groups is 1. The summed E-state index contributed by atoms with van der Waals surface area (Å²) in [5.74, 6) is 0. The average molecular weight is 289 g/mol. The van der Waals surface area contributed by atoms with Gasteiger partial charge in [-0.2, -0.15) is 5.10 Å². The first-order valence-corrected chi connectivity index (χ1v) is 7.11. The summed E-state index contributed by atoms with van der Waals surface area (Å²) in [6, 6.07) is 10.0. The van der Waals surface area contributed by atoms with Gasteiger partial charge in [-0.3, -0.25) is 0 Å².